The van der Waals surface area contributed by atoms with Crippen molar-refractivity contribution in [3.63, 3.8) is 0 Å². The number of carbonyl (C=O) groups is 1. The van der Waals surface area contributed by atoms with Gasteiger partial charge in [0.05, 0.1) is 5.52 Å². The molecule has 24 heavy (non-hydrogen) atoms. The van der Waals surface area contributed by atoms with Crippen LogP contribution in [-0.4, -0.2) is 27.6 Å². The highest BCUT2D eigenvalue weighted by Crippen LogP contribution is 2.41. The van der Waals surface area contributed by atoms with E-state index in [2.05, 4.69) is 10.3 Å². The van der Waals surface area contributed by atoms with E-state index >= 15 is 0 Å². The van der Waals surface area contributed by atoms with Gasteiger partial charge in [-0.15, -0.1) is 0 Å². The number of rotatable bonds is 4. The normalized spacial score (nSPS) is 19.4. The molecule has 4 nitrogen and oxygen atoms in total. The summed E-state index contributed by atoms with van der Waals surface area (Å²) in [5.74, 6) is -0.240. The molecule has 0 radical (unpaired) electrons. The van der Waals surface area contributed by atoms with Crippen LogP contribution in [-0.2, 0) is 0 Å². The smallest absolute Gasteiger partial charge is 0.272 e. The standard InChI is InChI=1S/C18H16FN3OS/c1-24-18-21-16(15-7-2-3-8-22(15)18)17(23)20-14-10-13(14)11-5-4-6-12(19)9-11/h2-9,13-14H,10H2,1H3,(H,20,23)/t13-,14-/m1/s1. The first-order chi connectivity index (χ1) is 11.7. The molecule has 0 bridgehead atoms. The van der Waals surface area contributed by atoms with Gasteiger partial charge in [-0.05, 0) is 42.5 Å². The van der Waals surface area contributed by atoms with E-state index in [9.17, 15) is 9.18 Å². The van der Waals surface area contributed by atoms with Crippen molar-refractivity contribution >= 4 is 23.2 Å². The van der Waals surface area contributed by atoms with Crippen LogP contribution in [0.25, 0.3) is 5.52 Å². The Morgan fingerprint density at radius 1 is 1.33 bits per heavy atom. The first kappa shape index (κ1) is 15.2. The molecule has 2 heterocycles. The number of amides is 1. The fourth-order valence-electron chi connectivity index (χ4n) is 3.02. The molecule has 1 aliphatic carbocycles. The number of carbonyl (C=O) groups excluding carboxylic acids is 1. The maximum absolute atomic E-state index is 13.3. The summed E-state index contributed by atoms with van der Waals surface area (Å²) in [6.07, 6.45) is 4.66. The predicted octanol–water partition coefficient (Wildman–Crippen LogP) is 3.48. The van der Waals surface area contributed by atoms with Gasteiger partial charge in [0.1, 0.15) is 5.82 Å². The van der Waals surface area contributed by atoms with Crippen LogP contribution in [0.1, 0.15) is 28.4 Å². The molecule has 1 aromatic carbocycles. The number of fused-ring (bicyclic) bond motifs is 1. The van der Waals surface area contributed by atoms with Crippen LogP contribution in [0.3, 0.4) is 0 Å². The highest BCUT2D eigenvalue weighted by Gasteiger charge is 2.40. The Hall–Kier alpha value is -2.34. The molecular weight excluding hydrogens is 325 g/mol. The van der Waals surface area contributed by atoms with Crippen molar-refractivity contribution in [2.45, 2.75) is 23.5 Å². The van der Waals surface area contributed by atoms with E-state index in [4.69, 9.17) is 0 Å². The molecule has 1 aliphatic rings. The minimum atomic E-state index is -0.241. The van der Waals surface area contributed by atoms with Gasteiger partial charge in [0, 0.05) is 18.2 Å². The predicted molar refractivity (Wildman–Crippen MR) is 92.0 cm³/mol. The molecule has 3 aromatic rings. The lowest BCUT2D eigenvalue weighted by atomic mass is 10.1. The Bertz CT molecular complexity index is 924. The molecule has 0 spiro atoms. The van der Waals surface area contributed by atoms with Gasteiger partial charge < -0.3 is 5.32 Å². The molecule has 2 aromatic heterocycles. The van der Waals surface area contributed by atoms with Crippen molar-refractivity contribution in [2.24, 2.45) is 0 Å². The number of aromatic nitrogens is 2. The van der Waals surface area contributed by atoms with Gasteiger partial charge in [0.2, 0.25) is 0 Å². The quantitative estimate of drug-likeness (QED) is 0.739. The third-order valence-electron chi connectivity index (χ3n) is 4.30. The fraction of sp³-hybridized carbons (Fsp3) is 0.222. The highest BCUT2D eigenvalue weighted by atomic mass is 32.2. The Morgan fingerprint density at radius 2 is 2.21 bits per heavy atom. The second kappa shape index (κ2) is 5.94. The summed E-state index contributed by atoms with van der Waals surface area (Å²) < 4.78 is 15.2. The summed E-state index contributed by atoms with van der Waals surface area (Å²) in [6, 6.07) is 12.3. The van der Waals surface area contributed by atoms with Crippen molar-refractivity contribution in [2.75, 3.05) is 6.26 Å². The molecule has 122 valence electrons. The van der Waals surface area contributed by atoms with Crippen LogP contribution in [0.15, 0.2) is 53.8 Å². The lowest BCUT2D eigenvalue weighted by Crippen LogP contribution is -2.27. The summed E-state index contributed by atoms with van der Waals surface area (Å²) in [6.45, 7) is 0. The van der Waals surface area contributed by atoms with Gasteiger partial charge in [-0.25, -0.2) is 9.37 Å². The first-order valence-electron chi connectivity index (χ1n) is 7.75. The van der Waals surface area contributed by atoms with Gasteiger partial charge in [0.25, 0.3) is 5.91 Å². The molecule has 1 fully saturated rings. The number of nitrogens with zero attached hydrogens (tertiary/aromatic N) is 2. The van der Waals surface area contributed by atoms with E-state index in [1.54, 1.807) is 6.07 Å². The van der Waals surface area contributed by atoms with Crippen LogP contribution in [0.5, 0.6) is 0 Å². The van der Waals surface area contributed by atoms with Gasteiger partial charge in [-0.1, -0.05) is 30.0 Å². The van der Waals surface area contributed by atoms with Gasteiger partial charge >= 0.3 is 0 Å². The number of hydrogen-bond donors (Lipinski definition) is 1. The molecule has 0 aliphatic heterocycles. The fourth-order valence-corrected chi connectivity index (χ4v) is 3.56. The zero-order valence-corrected chi connectivity index (χ0v) is 13.9. The van der Waals surface area contributed by atoms with Crippen molar-refractivity contribution < 1.29 is 9.18 Å². The molecule has 1 amide bonds. The summed E-state index contributed by atoms with van der Waals surface area (Å²) in [7, 11) is 0. The minimum Gasteiger partial charge on any atom is -0.347 e. The summed E-state index contributed by atoms with van der Waals surface area (Å²) in [4.78, 5) is 17.1. The molecule has 6 heteroatoms. The Kier molecular flexibility index (Phi) is 3.76. The van der Waals surface area contributed by atoms with E-state index in [0.29, 0.717) is 5.69 Å². The number of benzene rings is 1. The van der Waals surface area contributed by atoms with E-state index in [1.807, 2.05) is 41.1 Å². The summed E-state index contributed by atoms with van der Waals surface area (Å²) in [5, 5.41) is 3.81. The summed E-state index contributed by atoms with van der Waals surface area (Å²) >= 11 is 1.50. The third kappa shape index (κ3) is 2.67. The second-order valence-electron chi connectivity index (χ2n) is 5.88. The minimum absolute atomic E-state index is 0.0393. The Balaban J connectivity index is 1.54. The van der Waals surface area contributed by atoms with Crippen molar-refractivity contribution in [3.05, 3.63) is 65.7 Å². The highest BCUT2D eigenvalue weighted by molar-refractivity contribution is 7.98. The SMILES string of the molecule is CSc1nc(C(=O)N[C@@H]2C[C@@H]2c2cccc(F)c2)c2ccccn12. The van der Waals surface area contributed by atoms with Gasteiger partial charge in [-0.3, -0.25) is 9.20 Å². The molecule has 1 saturated carbocycles. The van der Waals surface area contributed by atoms with Crippen molar-refractivity contribution in [1.82, 2.24) is 14.7 Å². The zero-order valence-electron chi connectivity index (χ0n) is 13.1. The number of thioether (sulfide) groups is 1. The number of halogens is 1. The topological polar surface area (TPSA) is 46.4 Å². The number of imidazole rings is 1. The van der Waals surface area contributed by atoms with Crippen molar-refractivity contribution in [3.8, 4) is 0 Å². The average Bonchev–Trinajstić information content (AvgIpc) is 3.25. The molecule has 0 unspecified atom stereocenters. The van der Waals surface area contributed by atoms with E-state index in [-0.39, 0.29) is 23.7 Å². The molecule has 1 N–H and O–H groups in total. The van der Waals surface area contributed by atoms with Crippen LogP contribution in [0, 0.1) is 5.82 Å². The second-order valence-corrected chi connectivity index (χ2v) is 6.65. The van der Waals surface area contributed by atoms with E-state index in [1.165, 1.54) is 23.9 Å². The van der Waals surface area contributed by atoms with Crippen LogP contribution < -0.4 is 5.32 Å². The lowest BCUT2D eigenvalue weighted by Gasteiger charge is -2.04. The Labute approximate surface area is 143 Å². The number of pyridine rings is 1. The first-order valence-corrected chi connectivity index (χ1v) is 8.97. The largest absolute Gasteiger partial charge is 0.347 e. The van der Waals surface area contributed by atoms with Crippen molar-refractivity contribution in [1.29, 1.82) is 0 Å². The lowest BCUT2D eigenvalue weighted by molar-refractivity contribution is 0.0947. The monoisotopic (exact) mass is 341 g/mol. The maximum Gasteiger partial charge on any atom is 0.272 e. The molecule has 0 saturated heterocycles. The van der Waals surface area contributed by atoms with E-state index < -0.39 is 0 Å². The molecule has 2 atom stereocenters. The van der Waals surface area contributed by atoms with Crippen LogP contribution in [0.4, 0.5) is 4.39 Å². The zero-order chi connectivity index (χ0) is 16.7. The van der Waals surface area contributed by atoms with Crippen LogP contribution >= 0.6 is 11.8 Å². The average molecular weight is 341 g/mol. The Morgan fingerprint density at radius 3 is 3.00 bits per heavy atom. The molecular formula is C18H16FN3OS. The summed E-state index contributed by atoms with van der Waals surface area (Å²) in [5.41, 5.74) is 2.16. The maximum atomic E-state index is 13.3. The van der Waals surface area contributed by atoms with Crippen LogP contribution in [0.2, 0.25) is 0 Å². The van der Waals surface area contributed by atoms with E-state index in [0.717, 1.165) is 22.7 Å². The number of hydrogen-bond acceptors (Lipinski definition) is 3. The third-order valence-corrected chi connectivity index (χ3v) is 4.95. The number of nitrogens with one attached hydrogen (secondary N) is 1. The van der Waals surface area contributed by atoms with Gasteiger partial charge in [-0.2, -0.15) is 0 Å². The van der Waals surface area contributed by atoms with Gasteiger partial charge in [0.15, 0.2) is 10.9 Å². The molecule has 4 rings (SSSR count).